The van der Waals surface area contributed by atoms with E-state index in [1.54, 1.807) is 30.5 Å². The van der Waals surface area contributed by atoms with Crippen LogP contribution in [0, 0.1) is 24.0 Å². The van der Waals surface area contributed by atoms with Gasteiger partial charge in [-0.25, -0.2) is 23.5 Å². The number of hydrogen-bond donors (Lipinski definition) is 1. The van der Waals surface area contributed by atoms with Gasteiger partial charge in [0.2, 0.25) is 0 Å². The van der Waals surface area contributed by atoms with E-state index in [0.717, 1.165) is 17.2 Å². The van der Waals surface area contributed by atoms with Crippen molar-refractivity contribution in [3.05, 3.63) is 106 Å². The number of aromatic nitrogens is 4. The van der Waals surface area contributed by atoms with Crippen LogP contribution in [0.15, 0.2) is 60.8 Å². The van der Waals surface area contributed by atoms with Crippen molar-refractivity contribution in [3.8, 4) is 17.3 Å². The molecule has 1 atom stereocenters. The first-order chi connectivity index (χ1) is 21.0. The van der Waals surface area contributed by atoms with Gasteiger partial charge in [0.05, 0.1) is 36.0 Å². The Morgan fingerprint density at radius 1 is 1.11 bits per heavy atom. The van der Waals surface area contributed by atoms with Gasteiger partial charge < -0.3 is 19.1 Å². The fraction of sp³-hybridized carbons (Fsp3) is 0.273. The van der Waals surface area contributed by atoms with E-state index in [2.05, 4.69) is 15.0 Å². The zero-order valence-corrected chi connectivity index (χ0v) is 25.0. The number of ether oxygens (including phenoxy) is 2. The molecule has 1 N–H and O–H groups in total. The molecular formula is C33H29ClF2N4O4. The predicted octanol–water partition coefficient (Wildman–Crippen LogP) is 7.20. The lowest BCUT2D eigenvalue weighted by Crippen LogP contribution is -2.27. The van der Waals surface area contributed by atoms with Gasteiger partial charge in [0, 0.05) is 28.6 Å². The monoisotopic (exact) mass is 618 g/mol. The van der Waals surface area contributed by atoms with E-state index in [9.17, 15) is 9.90 Å². The van der Waals surface area contributed by atoms with Gasteiger partial charge in [-0.05, 0) is 60.0 Å². The van der Waals surface area contributed by atoms with Crippen molar-refractivity contribution in [3.63, 3.8) is 0 Å². The molecule has 6 rings (SSSR count). The molecule has 0 saturated carbocycles. The summed E-state index contributed by atoms with van der Waals surface area (Å²) in [6.07, 6.45) is 1.60. The Morgan fingerprint density at radius 2 is 1.89 bits per heavy atom. The number of carboxylic acids is 1. The van der Waals surface area contributed by atoms with Crippen molar-refractivity contribution in [2.45, 2.75) is 39.8 Å². The molecule has 0 radical (unpaired) electrons. The molecular weight excluding hydrogens is 590 g/mol. The van der Waals surface area contributed by atoms with Crippen LogP contribution in [0.4, 0.5) is 8.78 Å². The minimum atomic E-state index is -1.25. The first kappa shape index (κ1) is 29.7. The minimum Gasteiger partial charge on any atom is -0.478 e. The van der Waals surface area contributed by atoms with Crippen LogP contribution in [0.1, 0.15) is 52.8 Å². The van der Waals surface area contributed by atoms with Gasteiger partial charge in [-0.15, -0.1) is 0 Å². The average molecular weight is 619 g/mol. The second-order valence-corrected chi connectivity index (χ2v) is 12.1. The van der Waals surface area contributed by atoms with Crippen LogP contribution in [0.2, 0.25) is 5.02 Å². The third-order valence-corrected chi connectivity index (χ3v) is 8.22. The summed E-state index contributed by atoms with van der Waals surface area (Å²) in [7, 11) is 0. The molecule has 0 bridgehead atoms. The molecule has 8 nitrogen and oxygen atoms in total. The van der Waals surface area contributed by atoms with E-state index >= 15 is 8.78 Å². The lowest BCUT2D eigenvalue weighted by atomic mass is 9.87. The van der Waals surface area contributed by atoms with Crippen LogP contribution in [-0.2, 0) is 17.8 Å². The molecule has 1 aliphatic heterocycles. The number of imidazole rings is 1. The van der Waals surface area contributed by atoms with Crippen molar-refractivity contribution in [2.24, 2.45) is 5.41 Å². The van der Waals surface area contributed by atoms with Crippen molar-refractivity contribution in [1.82, 2.24) is 19.5 Å². The van der Waals surface area contributed by atoms with E-state index in [1.165, 1.54) is 12.1 Å². The maximum absolute atomic E-state index is 15.8. The molecule has 1 saturated heterocycles. The van der Waals surface area contributed by atoms with Gasteiger partial charge in [0.1, 0.15) is 23.8 Å². The lowest BCUT2D eigenvalue weighted by molar-refractivity contribution is 0.0696. The molecule has 0 aliphatic carbocycles. The molecule has 0 spiro atoms. The molecule has 226 valence electrons. The van der Waals surface area contributed by atoms with Gasteiger partial charge in [0.15, 0.2) is 5.82 Å². The SMILES string of the molecule is Cc1cc(Cc2nc3c(F)cc(C(=O)O)cc3n2[C@@H]2COCC2(C)C)c(F)cc1-c1ccnc(OCc2ccc(Cl)cc2)n1. The van der Waals surface area contributed by atoms with E-state index in [-0.39, 0.29) is 41.6 Å². The molecule has 0 unspecified atom stereocenters. The summed E-state index contributed by atoms with van der Waals surface area (Å²) in [5.41, 5.74) is 2.91. The Kier molecular flexibility index (Phi) is 7.81. The van der Waals surface area contributed by atoms with Crippen LogP contribution in [0.3, 0.4) is 0 Å². The zero-order valence-electron chi connectivity index (χ0n) is 24.3. The molecule has 1 aliphatic rings. The van der Waals surface area contributed by atoms with Gasteiger partial charge in [0.25, 0.3) is 0 Å². The number of halogens is 3. The molecule has 0 amide bonds. The summed E-state index contributed by atoms with van der Waals surface area (Å²) in [6.45, 7) is 6.93. The predicted molar refractivity (Wildman–Crippen MR) is 161 cm³/mol. The van der Waals surface area contributed by atoms with E-state index < -0.39 is 17.6 Å². The molecule has 3 aromatic carbocycles. The first-order valence-corrected chi connectivity index (χ1v) is 14.4. The molecule has 5 aromatic rings. The fourth-order valence-electron chi connectivity index (χ4n) is 5.59. The summed E-state index contributed by atoms with van der Waals surface area (Å²) in [5, 5.41) is 10.2. The summed E-state index contributed by atoms with van der Waals surface area (Å²) in [4.78, 5) is 25.0. The number of carboxylic acid groups (broad SMARTS) is 1. The highest BCUT2D eigenvalue weighted by Gasteiger charge is 2.39. The highest BCUT2D eigenvalue weighted by molar-refractivity contribution is 6.30. The van der Waals surface area contributed by atoms with Crippen LogP contribution in [0.25, 0.3) is 22.3 Å². The Morgan fingerprint density at radius 3 is 2.59 bits per heavy atom. The van der Waals surface area contributed by atoms with Crippen molar-refractivity contribution < 1.29 is 28.2 Å². The Bertz CT molecular complexity index is 1890. The van der Waals surface area contributed by atoms with E-state index in [1.807, 2.05) is 37.5 Å². The number of fused-ring (bicyclic) bond motifs is 1. The molecule has 44 heavy (non-hydrogen) atoms. The number of carbonyl (C=O) groups is 1. The van der Waals surface area contributed by atoms with E-state index in [4.69, 9.17) is 21.1 Å². The Balaban J connectivity index is 1.34. The van der Waals surface area contributed by atoms with Crippen LogP contribution in [-0.4, -0.2) is 43.8 Å². The number of hydrogen-bond acceptors (Lipinski definition) is 6. The molecule has 2 aromatic heterocycles. The largest absolute Gasteiger partial charge is 0.478 e. The third-order valence-electron chi connectivity index (χ3n) is 7.96. The summed E-state index contributed by atoms with van der Waals surface area (Å²) in [6, 6.07) is 14.3. The summed E-state index contributed by atoms with van der Waals surface area (Å²) < 4.78 is 44.2. The highest BCUT2D eigenvalue weighted by atomic mass is 35.5. The summed E-state index contributed by atoms with van der Waals surface area (Å²) >= 11 is 5.95. The van der Waals surface area contributed by atoms with Crippen LogP contribution >= 0.6 is 11.6 Å². The van der Waals surface area contributed by atoms with Gasteiger partial charge in [-0.3, -0.25) is 0 Å². The molecule has 1 fully saturated rings. The zero-order chi connectivity index (χ0) is 31.2. The van der Waals surface area contributed by atoms with E-state index in [0.29, 0.717) is 46.4 Å². The quantitative estimate of drug-likeness (QED) is 0.196. The lowest BCUT2D eigenvalue weighted by Gasteiger charge is -2.28. The van der Waals surface area contributed by atoms with Gasteiger partial charge >= 0.3 is 12.0 Å². The average Bonchev–Trinajstić information content (AvgIpc) is 3.52. The fourth-order valence-corrected chi connectivity index (χ4v) is 5.71. The molecule has 3 heterocycles. The summed E-state index contributed by atoms with van der Waals surface area (Å²) in [5.74, 6) is -2.07. The first-order valence-electron chi connectivity index (χ1n) is 14.0. The van der Waals surface area contributed by atoms with Crippen LogP contribution in [0.5, 0.6) is 6.01 Å². The third kappa shape index (κ3) is 5.75. The standard InChI is InChI=1S/C33H29ClF2N4O4/c1-18-10-20(24(35)14-23(18)26-8-9-37-32(38-26)44-15-19-4-6-22(34)7-5-19)13-29-39-30-25(36)11-21(31(41)42)12-27(30)40(29)28-16-43-17-33(28,2)3/h4-12,14,28H,13,15-17H2,1-3H3,(H,41,42)/t28-/m1/s1. The number of aromatic carboxylic acids is 1. The maximum atomic E-state index is 15.8. The number of rotatable bonds is 8. The smallest absolute Gasteiger partial charge is 0.335 e. The van der Waals surface area contributed by atoms with Gasteiger partial charge in [-0.1, -0.05) is 43.6 Å². The second-order valence-electron chi connectivity index (χ2n) is 11.6. The maximum Gasteiger partial charge on any atom is 0.335 e. The van der Waals surface area contributed by atoms with Crippen LogP contribution < -0.4 is 4.74 Å². The number of nitrogens with zero attached hydrogens (tertiary/aromatic N) is 4. The molecule has 11 heteroatoms. The topological polar surface area (TPSA) is 99.4 Å². The second kappa shape index (κ2) is 11.6. The van der Waals surface area contributed by atoms with Gasteiger partial charge in [-0.2, -0.15) is 4.98 Å². The highest BCUT2D eigenvalue weighted by Crippen LogP contribution is 2.41. The Hall–Kier alpha value is -4.41. The van der Waals surface area contributed by atoms with Crippen molar-refractivity contribution >= 4 is 28.6 Å². The minimum absolute atomic E-state index is 0.0357. The number of benzene rings is 3. The van der Waals surface area contributed by atoms with Crippen molar-refractivity contribution in [1.29, 1.82) is 0 Å². The normalized spacial score (nSPS) is 16.0. The Labute approximate surface area is 257 Å². The number of aryl methyl sites for hydroxylation is 1. The van der Waals surface area contributed by atoms with Crippen molar-refractivity contribution in [2.75, 3.05) is 13.2 Å².